The highest BCUT2D eigenvalue weighted by atomic mass is 35.5. The summed E-state index contributed by atoms with van der Waals surface area (Å²) < 4.78 is 3.86. The number of Topliss-reactive ketones (excluding diaryl/α,β-unsaturated/α-hetero) is 3. The molecule has 22 atom stereocenters. The van der Waals surface area contributed by atoms with Gasteiger partial charge in [-0.2, -0.15) is 33.1 Å². The second-order valence-electron chi connectivity index (χ2n) is 46.5. The van der Waals surface area contributed by atoms with Crippen LogP contribution in [-0.2, 0) is 53.8 Å². The van der Waals surface area contributed by atoms with Gasteiger partial charge < -0.3 is 30.8 Å². The van der Waals surface area contributed by atoms with Crippen LogP contribution >= 0.6 is 35.1 Å². The number of nitriles is 1. The molecule has 0 aromatic heterocycles. The first kappa shape index (κ1) is 94.3. The molecule has 0 heterocycles. The number of rotatable bonds is 8. The van der Waals surface area contributed by atoms with E-state index in [4.69, 9.17) is 42.3 Å². The van der Waals surface area contributed by atoms with Gasteiger partial charge in [0.25, 0.3) is 0 Å². The fraction of sp³-hybridized carbons (Fsp3) is 0.750. The lowest BCUT2D eigenvalue weighted by Crippen LogP contribution is -2.70. The molecule has 17 nitrogen and oxygen atoms in total. The van der Waals surface area contributed by atoms with Crippen molar-refractivity contribution in [1.29, 1.82) is 5.26 Å². The van der Waals surface area contributed by atoms with Gasteiger partial charge in [-0.15, -0.1) is 0 Å². The number of allylic oxidation sites excluding steroid dienone is 12. The van der Waals surface area contributed by atoms with Crippen molar-refractivity contribution in [2.75, 3.05) is 36.0 Å². The third-order valence-corrected chi connectivity index (χ3v) is 39.9. The van der Waals surface area contributed by atoms with Crippen LogP contribution in [0.1, 0.15) is 280 Å². The van der Waals surface area contributed by atoms with Crippen LogP contribution in [0.2, 0.25) is 0 Å². The first-order valence-electron chi connectivity index (χ1n) is 44.8. The Morgan fingerprint density at radius 1 is 0.471 bits per heavy atom. The van der Waals surface area contributed by atoms with Crippen LogP contribution in [0.5, 0.6) is 0 Å². The Morgan fingerprint density at radius 3 is 1.08 bits per heavy atom. The predicted octanol–water partition coefficient (Wildman–Crippen LogP) is 20.5. The van der Waals surface area contributed by atoms with Gasteiger partial charge in [0.05, 0.1) is 37.0 Å². The number of fused-ring (bicyclic) bond motifs is 21. The van der Waals surface area contributed by atoms with Crippen molar-refractivity contribution in [3.8, 4) is 6.19 Å². The Kier molecular flexibility index (Phi) is 24.4. The summed E-state index contributed by atoms with van der Waals surface area (Å²) in [6, 6.07) is 0. The maximum Gasteiger partial charge on any atom is 0.231 e. The maximum absolute atomic E-state index is 14.6. The van der Waals surface area contributed by atoms with E-state index in [0.717, 1.165) is 146 Å². The summed E-state index contributed by atoms with van der Waals surface area (Å²) in [7, 11) is -0.667. The summed E-state index contributed by atoms with van der Waals surface area (Å²) in [6.07, 6.45) is 38.6. The first-order valence-corrected chi connectivity index (χ1v) is 49.7. The van der Waals surface area contributed by atoms with Crippen molar-refractivity contribution in [3.05, 3.63) is 105 Å². The van der Waals surface area contributed by atoms with Gasteiger partial charge in [-0.3, -0.25) is 28.8 Å². The van der Waals surface area contributed by atoms with Crippen LogP contribution in [0.4, 0.5) is 0 Å². The number of hydrogen-bond acceptors (Lipinski definition) is 14. The quantitative estimate of drug-likeness (QED) is 0.116. The second kappa shape index (κ2) is 31.3. The highest BCUT2D eigenvalue weighted by molar-refractivity contribution is 7.99. The van der Waals surface area contributed by atoms with E-state index in [1.165, 1.54) is 17.3 Å². The van der Waals surface area contributed by atoms with Gasteiger partial charge in [0.15, 0.2) is 34.7 Å². The third-order valence-electron chi connectivity index (χ3n) is 37.4. The van der Waals surface area contributed by atoms with Crippen LogP contribution in [0.15, 0.2) is 74.6 Å². The van der Waals surface area contributed by atoms with Gasteiger partial charge in [-0.1, -0.05) is 191 Å². The van der Waals surface area contributed by atoms with Gasteiger partial charge in [0.1, 0.15) is 0 Å². The minimum Gasteiger partial charge on any atom is -0.350 e. The van der Waals surface area contributed by atoms with Crippen molar-refractivity contribution in [2.24, 2.45) is 145 Å². The van der Waals surface area contributed by atoms with Crippen molar-refractivity contribution in [1.82, 2.24) is 10.6 Å². The highest BCUT2D eigenvalue weighted by Crippen LogP contribution is 2.78. The molecule has 9 saturated carbocycles. The number of halogens is 1. The van der Waals surface area contributed by atoms with E-state index in [9.17, 15) is 43.2 Å². The molecule has 15 aliphatic rings. The predicted molar refractivity (Wildman–Crippen MR) is 485 cm³/mol. The average Bonchev–Trinajstić information content (AvgIpc) is 0.680. The molecule has 658 valence electrons. The topological polar surface area (TPSA) is 253 Å². The molecular formula is C100H139ClN8O9S3. The first-order chi connectivity index (χ1) is 55.7. The lowest BCUT2D eigenvalue weighted by Gasteiger charge is -2.69. The van der Waals surface area contributed by atoms with Crippen molar-refractivity contribution >= 4 is 97.6 Å². The zero-order chi connectivity index (χ0) is 90.0. The van der Waals surface area contributed by atoms with E-state index >= 15 is 0 Å². The Balaban J connectivity index is 0.000000161. The standard InChI is InChI=1S/C34H46N4O3S.C33H46N2O3S.C30H42N2O2.C3H5ClOS/c1-29(2)12-14-34(38-26(40)19-42(9)37-20-35)15-13-33(7)27(21(34)17-29)23(39)16-25-31(5)18-22(36-8)28(41)30(3,4)24(31)10-11-32(25,33)6;1-28(2)12-14-33(35-25(37)19-39-9)15-13-32(7)26(20(33)17-28)22(36)16-24-30(5)18-21(34-8)27(38)29(3,4)23(30)10-11-31(24,32)6;1-25(2)11-13-30(31)14-12-29(7)23(18(30)16-25)20(33)15-22-27(5)17-19(32-8)24(34)26(3,4)21(27)9-10-28(22,29)6;1-6-2-3(4)5/h16,18,21,24,27H,10-15,17,19H2,1-7,9H3,(H,38,40);16,18,20,23,26H,10-15,17,19H2,1-7,9H3,(H,35,37);15,17-18,21,23H,9-14,16,31H2,1-7H3;2H2,1H3/t21-,24-,27-,31-,32+,33+,34-,42?;20-,23-,26-,30-,31+,32+,33-;18-,21-,23-,27-,28+,29+,30-;/m000./s1. The summed E-state index contributed by atoms with van der Waals surface area (Å²) in [4.78, 5) is 130. The minimum absolute atomic E-state index is 0.00173. The van der Waals surface area contributed by atoms with E-state index in [2.05, 4.69) is 133 Å². The van der Waals surface area contributed by atoms with Crippen LogP contribution in [0, 0.1) is 166 Å². The lowest BCUT2D eigenvalue weighted by molar-refractivity contribution is -0.164. The molecule has 9 fully saturated rings. The fourth-order valence-electron chi connectivity index (χ4n) is 30.4. The third kappa shape index (κ3) is 14.5. The average molecular weight is 1730 g/mol. The second-order valence-corrected chi connectivity index (χ2v) is 50.3. The smallest absolute Gasteiger partial charge is 0.231 e. The number of carbonyl (C=O) groups excluding carboxylic acids is 9. The number of carbonyl (C=O) groups is 9. The molecule has 121 heavy (non-hydrogen) atoms. The molecule has 15 aliphatic carbocycles. The molecule has 21 heteroatoms. The van der Waals surface area contributed by atoms with E-state index in [0.29, 0.717) is 11.5 Å². The van der Waals surface area contributed by atoms with Crippen LogP contribution in [0.3, 0.4) is 0 Å². The van der Waals surface area contributed by atoms with Crippen LogP contribution < -0.4 is 16.4 Å². The molecule has 0 radical (unpaired) electrons. The zero-order valence-corrected chi connectivity index (χ0v) is 80.4. The number of nitrogens with one attached hydrogen (secondary N) is 2. The number of amides is 2. The molecular weight excluding hydrogens is 1590 g/mol. The number of ketones is 6. The molecule has 0 aliphatic heterocycles. The van der Waals surface area contributed by atoms with Gasteiger partial charge in [-0.25, -0.2) is 14.5 Å². The Morgan fingerprint density at radius 2 is 0.769 bits per heavy atom. The largest absolute Gasteiger partial charge is 0.350 e. The Bertz CT molecular complexity index is 4850. The van der Waals surface area contributed by atoms with Gasteiger partial charge in [0, 0.05) is 66.9 Å². The number of nitrogens with two attached hydrogens (primary N) is 1. The number of nitrogens with zero attached hydrogens (tertiary/aromatic N) is 5. The zero-order valence-electron chi connectivity index (χ0n) is 77.2. The molecule has 15 rings (SSSR count). The van der Waals surface area contributed by atoms with E-state index in [-0.39, 0.29) is 188 Å². The molecule has 1 unspecified atom stereocenters. The molecule has 0 spiro atoms. The monoisotopic (exact) mass is 1730 g/mol. The van der Waals surface area contributed by atoms with Crippen LogP contribution in [-0.4, -0.2) is 104 Å². The van der Waals surface area contributed by atoms with Crippen molar-refractivity contribution in [3.63, 3.8) is 0 Å². The van der Waals surface area contributed by atoms with Crippen LogP contribution in [0.25, 0.3) is 14.5 Å². The Labute approximate surface area is 739 Å². The van der Waals surface area contributed by atoms with Crippen molar-refractivity contribution in [2.45, 2.75) is 297 Å². The van der Waals surface area contributed by atoms with Gasteiger partial charge in [-0.05, 0) is 268 Å². The molecule has 0 aromatic carbocycles. The van der Waals surface area contributed by atoms with Gasteiger partial charge >= 0.3 is 0 Å². The highest BCUT2D eigenvalue weighted by Gasteiger charge is 2.75. The molecule has 4 N–H and O–H groups in total. The van der Waals surface area contributed by atoms with E-state index < -0.39 is 48.7 Å². The number of hydrogen-bond donors (Lipinski definition) is 3. The van der Waals surface area contributed by atoms with E-state index in [1.807, 2.05) is 103 Å². The fourth-order valence-corrected chi connectivity index (χ4v) is 32.0. The lowest BCUT2D eigenvalue weighted by atomic mass is 9.35. The maximum atomic E-state index is 14.6. The molecule has 0 bridgehead atoms. The summed E-state index contributed by atoms with van der Waals surface area (Å²) in [5.41, 5.74) is 5.62. The summed E-state index contributed by atoms with van der Waals surface area (Å²) in [5.74, 6) is 1.44. The normalized spacial score (nSPS) is 43.0. The minimum atomic E-state index is -0.679. The van der Waals surface area contributed by atoms with Gasteiger partial charge in [0.2, 0.25) is 40.3 Å². The molecule has 0 aromatic rings. The SMILES string of the molecule is CSCC(=O)Cl.[C-]#[N+]C1=C[C@]2(C)C3=CC(=O)[C@@H]4[C@@H]5CC(C)(C)CC[C@]5(N)CC[C@@]4(C)[C@]3(C)CC[C@H]2C(C)(C)C1=O.[C-]#[N+]C1=C[C@]2(C)C3=CC(=O)[C@@H]4[C@@H]5CC(C)(C)CC[C@]5(NC(=O)CS(C)=NC#N)CC[C@@]4(C)[C@]3(C)CC[C@H]2C(C)(C)C1=O.[C-]#[N+]C1=C[C@]2(C)C3=CC(=O)[C@@H]4[C@@H]5CC(C)(C)CC[C@]5(NC(=O)CSC)CC[C@@]4(C)[C@]3(C)CC[C@H]2C(C)(C)C1=O. The summed E-state index contributed by atoms with van der Waals surface area (Å²) in [6.45, 7) is 69.6. The molecule has 2 amide bonds. The van der Waals surface area contributed by atoms with Crippen molar-refractivity contribution < 1.29 is 43.2 Å². The number of thioether (sulfide) groups is 2. The summed E-state index contributed by atoms with van der Waals surface area (Å²) >= 11 is 7.89. The Hall–Kier alpha value is -5.87. The van der Waals surface area contributed by atoms with E-state index in [1.54, 1.807) is 11.8 Å². The molecule has 0 saturated heterocycles. The summed E-state index contributed by atoms with van der Waals surface area (Å²) in [5, 5.41) is 15.6.